The van der Waals surface area contributed by atoms with Gasteiger partial charge in [-0.1, -0.05) is 53.3 Å². The van der Waals surface area contributed by atoms with Crippen LogP contribution in [0.15, 0.2) is 53.4 Å². The lowest BCUT2D eigenvalue weighted by molar-refractivity contribution is -0.113. The van der Waals surface area contributed by atoms with Gasteiger partial charge in [-0.3, -0.25) is 10.1 Å². The Morgan fingerprint density at radius 1 is 1.08 bits per heavy atom. The molecule has 1 amide bonds. The maximum absolute atomic E-state index is 12.1. The average molecular weight is 370 g/mol. The predicted octanol–water partition coefficient (Wildman–Crippen LogP) is 4.48. The molecule has 2 aromatic carbocycles. The minimum Gasteiger partial charge on any atom is -0.300 e. The number of anilines is 1. The Hall–Kier alpha value is -2.18. The lowest BCUT2D eigenvalue weighted by atomic mass is 10.1. The van der Waals surface area contributed by atoms with E-state index in [2.05, 4.69) is 34.6 Å². The summed E-state index contributed by atoms with van der Waals surface area (Å²) in [5, 5.41) is 12.5. The van der Waals surface area contributed by atoms with E-state index in [0.29, 0.717) is 10.9 Å². The van der Waals surface area contributed by atoms with Gasteiger partial charge < -0.3 is 0 Å². The molecule has 3 aromatic rings. The molecule has 3 rings (SSSR count). The second kappa shape index (κ2) is 8.27. The molecule has 0 unspecified atom stereocenters. The number of carbonyl (C=O) groups is 1. The lowest BCUT2D eigenvalue weighted by Crippen LogP contribution is -2.13. The van der Waals surface area contributed by atoms with Crippen molar-refractivity contribution in [2.24, 2.45) is 0 Å². The van der Waals surface area contributed by atoms with Crippen LogP contribution in [0.1, 0.15) is 21.7 Å². The van der Waals surface area contributed by atoms with Gasteiger partial charge in [0.1, 0.15) is 5.01 Å². The van der Waals surface area contributed by atoms with E-state index in [1.54, 1.807) is 0 Å². The number of nitrogens with one attached hydrogen (secondary N) is 1. The van der Waals surface area contributed by atoms with Gasteiger partial charge in [-0.2, -0.15) is 0 Å². The molecule has 0 aliphatic rings. The summed E-state index contributed by atoms with van der Waals surface area (Å²) in [5.41, 5.74) is 3.67. The van der Waals surface area contributed by atoms with Gasteiger partial charge in [0.15, 0.2) is 0 Å². The molecule has 0 spiro atoms. The summed E-state index contributed by atoms with van der Waals surface area (Å²) in [5.74, 6) is 0.291. The summed E-state index contributed by atoms with van der Waals surface area (Å²) in [6.45, 7) is 4.13. The van der Waals surface area contributed by atoms with Gasteiger partial charge >= 0.3 is 0 Å². The Bertz CT molecular complexity index is 859. The van der Waals surface area contributed by atoms with E-state index in [0.717, 1.165) is 16.3 Å². The van der Waals surface area contributed by atoms with Gasteiger partial charge in [-0.05, 0) is 37.1 Å². The molecule has 128 valence electrons. The van der Waals surface area contributed by atoms with Crippen molar-refractivity contribution in [3.05, 3.63) is 70.2 Å². The van der Waals surface area contributed by atoms with Crippen molar-refractivity contribution in [2.45, 2.75) is 25.2 Å². The van der Waals surface area contributed by atoms with Crippen LogP contribution < -0.4 is 5.32 Å². The molecule has 1 N–H and O–H groups in total. The SMILES string of the molecule is Cc1ccc(SCC(=O)Nc2nnc(Cc3ccccc3C)s2)cc1. The number of carbonyl (C=O) groups excluding carboxylic acids is 1. The highest BCUT2D eigenvalue weighted by atomic mass is 32.2. The zero-order valence-electron chi connectivity index (χ0n) is 14.2. The first-order valence-electron chi connectivity index (χ1n) is 7.96. The zero-order chi connectivity index (χ0) is 17.6. The molecule has 0 aliphatic heterocycles. The smallest absolute Gasteiger partial charge is 0.236 e. The second-order valence-corrected chi connectivity index (χ2v) is 7.86. The summed E-state index contributed by atoms with van der Waals surface area (Å²) in [4.78, 5) is 13.2. The molecule has 1 aromatic heterocycles. The summed E-state index contributed by atoms with van der Waals surface area (Å²) in [6.07, 6.45) is 0.734. The zero-order valence-corrected chi connectivity index (χ0v) is 15.8. The van der Waals surface area contributed by atoms with Crippen LogP contribution in [0.4, 0.5) is 5.13 Å². The van der Waals surface area contributed by atoms with Gasteiger partial charge in [-0.15, -0.1) is 22.0 Å². The fourth-order valence-corrected chi connectivity index (χ4v) is 3.76. The second-order valence-electron chi connectivity index (χ2n) is 5.75. The van der Waals surface area contributed by atoms with Crippen molar-refractivity contribution < 1.29 is 4.79 Å². The van der Waals surface area contributed by atoms with Crippen molar-refractivity contribution in [1.29, 1.82) is 0 Å². The van der Waals surface area contributed by atoms with Crippen LogP contribution in [-0.4, -0.2) is 21.9 Å². The molecular formula is C19H19N3OS2. The number of benzene rings is 2. The van der Waals surface area contributed by atoms with Gasteiger partial charge in [0.2, 0.25) is 11.0 Å². The van der Waals surface area contributed by atoms with Crippen molar-refractivity contribution in [2.75, 3.05) is 11.1 Å². The number of rotatable bonds is 6. The van der Waals surface area contributed by atoms with Crippen molar-refractivity contribution >= 4 is 34.1 Å². The van der Waals surface area contributed by atoms with Gasteiger partial charge in [0.25, 0.3) is 0 Å². The third kappa shape index (κ3) is 5.14. The lowest BCUT2D eigenvalue weighted by Gasteiger charge is -2.02. The van der Waals surface area contributed by atoms with E-state index < -0.39 is 0 Å². The average Bonchev–Trinajstić information content (AvgIpc) is 3.03. The number of nitrogens with zero attached hydrogens (tertiary/aromatic N) is 2. The van der Waals surface area contributed by atoms with Crippen LogP contribution in [0.3, 0.4) is 0 Å². The topological polar surface area (TPSA) is 54.9 Å². The highest BCUT2D eigenvalue weighted by Crippen LogP contribution is 2.22. The molecule has 0 fully saturated rings. The molecule has 0 aliphatic carbocycles. The van der Waals surface area contributed by atoms with E-state index in [9.17, 15) is 4.79 Å². The molecule has 6 heteroatoms. The largest absolute Gasteiger partial charge is 0.300 e. The Kier molecular flexibility index (Phi) is 5.83. The van der Waals surface area contributed by atoms with Crippen LogP contribution in [0.25, 0.3) is 0 Å². The Morgan fingerprint density at radius 3 is 2.60 bits per heavy atom. The van der Waals surface area contributed by atoms with Crippen LogP contribution in [0, 0.1) is 13.8 Å². The number of aryl methyl sites for hydroxylation is 2. The first kappa shape index (κ1) is 17.6. The summed E-state index contributed by atoms with van der Waals surface area (Å²) < 4.78 is 0. The molecule has 25 heavy (non-hydrogen) atoms. The van der Waals surface area contributed by atoms with E-state index >= 15 is 0 Å². The van der Waals surface area contributed by atoms with Crippen LogP contribution >= 0.6 is 23.1 Å². The third-order valence-corrected chi connectivity index (χ3v) is 5.56. The number of thioether (sulfide) groups is 1. The fraction of sp³-hybridized carbons (Fsp3) is 0.211. The minimum absolute atomic E-state index is 0.0656. The van der Waals surface area contributed by atoms with Gasteiger partial charge in [0, 0.05) is 11.3 Å². The van der Waals surface area contributed by atoms with Crippen LogP contribution in [0.2, 0.25) is 0 Å². The highest BCUT2D eigenvalue weighted by molar-refractivity contribution is 8.00. The summed E-state index contributed by atoms with van der Waals surface area (Å²) in [6, 6.07) is 16.4. The summed E-state index contributed by atoms with van der Waals surface area (Å²) >= 11 is 2.94. The quantitative estimate of drug-likeness (QED) is 0.651. The first-order valence-corrected chi connectivity index (χ1v) is 9.76. The first-order chi connectivity index (χ1) is 12.1. The Labute approximate surface area is 155 Å². The molecule has 0 saturated carbocycles. The van der Waals surface area contributed by atoms with E-state index in [1.807, 2.05) is 43.3 Å². The number of hydrogen-bond donors (Lipinski definition) is 1. The highest BCUT2D eigenvalue weighted by Gasteiger charge is 2.10. The molecule has 0 radical (unpaired) electrons. The number of amides is 1. The van der Waals surface area contributed by atoms with E-state index in [-0.39, 0.29) is 5.91 Å². The van der Waals surface area contributed by atoms with E-state index in [4.69, 9.17) is 0 Å². The molecule has 0 atom stereocenters. The molecule has 0 bridgehead atoms. The van der Waals surface area contributed by atoms with Gasteiger partial charge in [0.05, 0.1) is 5.75 Å². The Balaban J connectivity index is 1.53. The standard InChI is InChI=1S/C19H19N3OS2/c1-13-7-9-16(10-8-13)24-12-17(23)20-19-22-21-18(25-19)11-15-6-4-3-5-14(15)2/h3-10H,11-12H2,1-2H3,(H,20,22,23). The van der Waals surface area contributed by atoms with Crippen LogP contribution in [0.5, 0.6) is 0 Å². The van der Waals surface area contributed by atoms with Gasteiger partial charge in [-0.25, -0.2) is 0 Å². The maximum atomic E-state index is 12.1. The minimum atomic E-state index is -0.0656. The predicted molar refractivity (Wildman–Crippen MR) is 104 cm³/mol. The normalized spacial score (nSPS) is 10.6. The maximum Gasteiger partial charge on any atom is 0.236 e. The molecule has 1 heterocycles. The van der Waals surface area contributed by atoms with Crippen molar-refractivity contribution in [3.63, 3.8) is 0 Å². The number of hydrogen-bond acceptors (Lipinski definition) is 5. The van der Waals surface area contributed by atoms with Crippen LogP contribution in [-0.2, 0) is 11.2 Å². The molecular weight excluding hydrogens is 350 g/mol. The number of aromatic nitrogens is 2. The molecule has 0 saturated heterocycles. The monoisotopic (exact) mass is 369 g/mol. The Morgan fingerprint density at radius 2 is 1.84 bits per heavy atom. The van der Waals surface area contributed by atoms with E-state index in [1.165, 1.54) is 39.8 Å². The molecule has 4 nitrogen and oxygen atoms in total. The van der Waals surface area contributed by atoms with Crippen molar-refractivity contribution in [1.82, 2.24) is 10.2 Å². The summed E-state index contributed by atoms with van der Waals surface area (Å²) in [7, 11) is 0. The third-order valence-electron chi connectivity index (χ3n) is 3.71. The fourth-order valence-electron chi connectivity index (χ4n) is 2.29. The van der Waals surface area contributed by atoms with Crippen molar-refractivity contribution in [3.8, 4) is 0 Å².